The highest BCUT2D eigenvalue weighted by molar-refractivity contribution is 5.95. The molecule has 7 nitrogen and oxygen atoms in total. The van der Waals surface area contributed by atoms with Crippen molar-refractivity contribution in [3.8, 4) is 5.69 Å². The van der Waals surface area contributed by atoms with Gasteiger partial charge in [-0.1, -0.05) is 19.9 Å². The monoisotopic (exact) mass is 584 g/mol. The molecule has 226 valence electrons. The number of carbonyl (C=O) groups excluding carboxylic acids is 2. The van der Waals surface area contributed by atoms with Crippen LogP contribution in [0.15, 0.2) is 54.7 Å². The second-order valence-corrected chi connectivity index (χ2v) is 11.2. The summed E-state index contributed by atoms with van der Waals surface area (Å²) in [5.74, 6) is -0.522. The standard InChI is InChI=1S/C32H39F3N4O3/c1-5-42-31(41)24-7-6-17-38(20-24)30(40)23-8-10-25(11-9-23)36-29(14-16-32(33,34)35)27-13-12-26(19-22(27)4)39-18-15-28(37-39)21(2)3/h8-13,15,18-19,21,24,29,36H,5-7,14,16-17,20H2,1-4H3/t24-,29?/m1/s1. The number of halogens is 3. The van der Waals surface area contributed by atoms with Crippen molar-refractivity contribution in [1.82, 2.24) is 14.7 Å². The number of rotatable bonds is 10. The average molecular weight is 585 g/mol. The Hall–Kier alpha value is -3.82. The van der Waals surface area contributed by atoms with Gasteiger partial charge in [-0.25, -0.2) is 4.68 Å². The molecule has 1 N–H and O–H groups in total. The number of amides is 1. The van der Waals surface area contributed by atoms with Gasteiger partial charge in [-0.3, -0.25) is 9.59 Å². The summed E-state index contributed by atoms with van der Waals surface area (Å²) in [7, 11) is 0. The zero-order chi connectivity index (χ0) is 30.4. The lowest BCUT2D eigenvalue weighted by molar-refractivity contribution is -0.149. The van der Waals surface area contributed by atoms with Crippen LogP contribution in [0.2, 0.25) is 0 Å². The summed E-state index contributed by atoms with van der Waals surface area (Å²) in [4.78, 5) is 27.0. The summed E-state index contributed by atoms with van der Waals surface area (Å²) in [6, 6.07) is 13.8. The molecule has 2 aromatic carbocycles. The van der Waals surface area contributed by atoms with Gasteiger partial charge in [-0.05, 0) is 92.6 Å². The van der Waals surface area contributed by atoms with Crippen LogP contribution in [0.3, 0.4) is 0 Å². The highest BCUT2D eigenvalue weighted by atomic mass is 19.4. The second-order valence-electron chi connectivity index (χ2n) is 11.2. The van der Waals surface area contributed by atoms with E-state index in [1.807, 2.05) is 37.4 Å². The minimum Gasteiger partial charge on any atom is -0.466 e. The smallest absolute Gasteiger partial charge is 0.389 e. The van der Waals surface area contributed by atoms with Crippen molar-refractivity contribution in [3.05, 3.63) is 77.1 Å². The number of benzene rings is 2. The van der Waals surface area contributed by atoms with Crippen molar-refractivity contribution >= 4 is 17.6 Å². The Morgan fingerprint density at radius 1 is 1.12 bits per heavy atom. The quantitative estimate of drug-likeness (QED) is 0.255. The van der Waals surface area contributed by atoms with E-state index in [9.17, 15) is 22.8 Å². The van der Waals surface area contributed by atoms with Crippen LogP contribution >= 0.6 is 0 Å². The summed E-state index contributed by atoms with van der Waals surface area (Å²) in [6.45, 7) is 8.94. The van der Waals surface area contributed by atoms with Crippen molar-refractivity contribution in [1.29, 1.82) is 0 Å². The number of likely N-dealkylation sites (tertiary alicyclic amines) is 1. The molecule has 0 bridgehead atoms. The number of nitrogens with zero attached hydrogens (tertiary/aromatic N) is 3. The van der Waals surface area contributed by atoms with E-state index in [4.69, 9.17) is 4.74 Å². The van der Waals surface area contributed by atoms with Crippen LogP contribution in [0.5, 0.6) is 0 Å². The Balaban J connectivity index is 1.50. The van der Waals surface area contributed by atoms with Gasteiger partial charge in [0.05, 0.1) is 29.9 Å². The Morgan fingerprint density at radius 3 is 2.48 bits per heavy atom. The lowest BCUT2D eigenvalue weighted by atomic mass is 9.96. The predicted octanol–water partition coefficient (Wildman–Crippen LogP) is 7.22. The topological polar surface area (TPSA) is 76.5 Å². The summed E-state index contributed by atoms with van der Waals surface area (Å²) in [5, 5.41) is 7.87. The molecule has 4 rings (SSSR count). The van der Waals surface area contributed by atoms with Gasteiger partial charge in [0.25, 0.3) is 5.91 Å². The van der Waals surface area contributed by atoms with E-state index in [1.54, 1.807) is 40.8 Å². The SMILES string of the molecule is CCOC(=O)[C@@H]1CCCN(C(=O)c2ccc(NC(CCC(F)(F)F)c3ccc(-n4ccc(C(C)C)n4)cc3C)cc2)C1. The molecular weight excluding hydrogens is 545 g/mol. The Bertz CT molecular complexity index is 1370. The third kappa shape index (κ3) is 7.92. The van der Waals surface area contributed by atoms with Crippen LogP contribution in [0.25, 0.3) is 5.69 Å². The molecule has 2 atom stereocenters. The van der Waals surface area contributed by atoms with Gasteiger partial charge in [0, 0.05) is 37.0 Å². The van der Waals surface area contributed by atoms with Crippen LogP contribution in [0.1, 0.15) is 85.6 Å². The summed E-state index contributed by atoms with van der Waals surface area (Å²) in [6.07, 6.45) is -2.09. The van der Waals surface area contributed by atoms with E-state index in [1.165, 1.54) is 0 Å². The fourth-order valence-electron chi connectivity index (χ4n) is 5.30. The first-order valence-electron chi connectivity index (χ1n) is 14.5. The molecule has 1 fully saturated rings. The van der Waals surface area contributed by atoms with Crippen molar-refractivity contribution < 1.29 is 27.5 Å². The summed E-state index contributed by atoms with van der Waals surface area (Å²) < 4.78 is 46.7. The number of hydrogen-bond donors (Lipinski definition) is 1. The van der Waals surface area contributed by atoms with Gasteiger partial charge < -0.3 is 15.0 Å². The minimum atomic E-state index is -4.29. The van der Waals surface area contributed by atoms with Crippen LogP contribution < -0.4 is 5.32 Å². The van der Waals surface area contributed by atoms with E-state index in [0.29, 0.717) is 43.8 Å². The number of piperidine rings is 1. The van der Waals surface area contributed by atoms with Crippen LogP contribution in [0, 0.1) is 12.8 Å². The van der Waals surface area contributed by atoms with Crippen molar-refractivity contribution in [2.75, 3.05) is 25.0 Å². The van der Waals surface area contributed by atoms with Crippen molar-refractivity contribution in [2.24, 2.45) is 5.92 Å². The molecule has 1 aromatic heterocycles. The fourth-order valence-corrected chi connectivity index (χ4v) is 5.30. The van der Waals surface area contributed by atoms with Crippen molar-refractivity contribution in [3.63, 3.8) is 0 Å². The van der Waals surface area contributed by atoms with Crippen molar-refractivity contribution in [2.45, 2.75) is 71.5 Å². The Morgan fingerprint density at radius 2 is 1.86 bits per heavy atom. The summed E-state index contributed by atoms with van der Waals surface area (Å²) >= 11 is 0. The van der Waals surface area contributed by atoms with Crippen LogP contribution in [-0.4, -0.2) is 52.4 Å². The Kier molecular flexibility index (Phi) is 9.96. The van der Waals surface area contributed by atoms with Gasteiger partial charge in [0.2, 0.25) is 0 Å². The number of ether oxygens (including phenoxy) is 1. The number of aryl methyl sites for hydroxylation is 1. The molecule has 1 saturated heterocycles. The molecule has 10 heteroatoms. The Labute approximate surface area is 245 Å². The molecule has 1 aliphatic heterocycles. The number of hydrogen-bond acceptors (Lipinski definition) is 5. The minimum absolute atomic E-state index is 0.146. The van der Waals surface area contributed by atoms with E-state index < -0.39 is 18.6 Å². The van der Waals surface area contributed by atoms with Crippen LogP contribution in [0.4, 0.5) is 18.9 Å². The van der Waals surface area contributed by atoms with Gasteiger partial charge in [0.15, 0.2) is 0 Å². The van der Waals surface area contributed by atoms with Gasteiger partial charge >= 0.3 is 12.1 Å². The molecule has 0 radical (unpaired) electrons. The largest absolute Gasteiger partial charge is 0.466 e. The zero-order valence-corrected chi connectivity index (χ0v) is 24.6. The molecule has 3 aromatic rings. The zero-order valence-electron chi connectivity index (χ0n) is 24.6. The molecule has 42 heavy (non-hydrogen) atoms. The number of aromatic nitrogens is 2. The van der Waals surface area contributed by atoms with E-state index in [2.05, 4.69) is 24.3 Å². The average Bonchev–Trinajstić information content (AvgIpc) is 3.46. The molecule has 0 saturated carbocycles. The maximum atomic E-state index is 13.3. The highest BCUT2D eigenvalue weighted by Crippen LogP contribution is 2.33. The number of esters is 1. The van der Waals surface area contributed by atoms with E-state index >= 15 is 0 Å². The summed E-state index contributed by atoms with van der Waals surface area (Å²) in [5.41, 5.74) is 4.47. The highest BCUT2D eigenvalue weighted by Gasteiger charge is 2.31. The van der Waals surface area contributed by atoms with E-state index in [0.717, 1.165) is 22.5 Å². The molecule has 0 aliphatic carbocycles. The molecule has 2 heterocycles. The molecule has 0 spiro atoms. The van der Waals surface area contributed by atoms with Crippen LogP contribution in [-0.2, 0) is 9.53 Å². The first-order valence-corrected chi connectivity index (χ1v) is 14.5. The molecular formula is C32H39F3N4O3. The maximum absolute atomic E-state index is 13.3. The third-order valence-corrected chi connectivity index (χ3v) is 7.61. The lowest BCUT2D eigenvalue weighted by Gasteiger charge is -2.31. The molecule has 1 amide bonds. The van der Waals surface area contributed by atoms with Gasteiger partial charge in [-0.2, -0.15) is 18.3 Å². The lowest BCUT2D eigenvalue weighted by Crippen LogP contribution is -2.42. The molecule has 1 unspecified atom stereocenters. The first-order chi connectivity index (χ1) is 19.9. The van der Waals surface area contributed by atoms with Gasteiger partial charge in [-0.15, -0.1) is 0 Å². The molecule has 1 aliphatic rings. The second kappa shape index (κ2) is 13.4. The normalized spacial score (nSPS) is 16.4. The fraction of sp³-hybridized carbons (Fsp3) is 0.469. The number of anilines is 1. The van der Waals surface area contributed by atoms with Gasteiger partial charge in [0.1, 0.15) is 0 Å². The predicted molar refractivity (Wildman–Crippen MR) is 156 cm³/mol. The first kappa shape index (κ1) is 31.1. The maximum Gasteiger partial charge on any atom is 0.389 e. The number of carbonyl (C=O) groups is 2. The number of nitrogens with one attached hydrogen (secondary N) is 1. The third-order valence-electron chi connectivity index (χ3n) is 7.61. The number of alkyl halides is 3. The van der Waals surface area contributed by atoms with E-state index in [-0.39, 0.29) is 30.1 Å².